The summed E-state index contributed by atoms with van der Waals surface area (Å²) < 4.78 is 4.91. The Morgan fingerprint density at radius 3 is 2.82 bits per heavy atom. The first kappa shape index (κ1) is 8.37. The smallest absolute Gasteiger partial charge is 0.119 e. The van der Waals surface area contributed by atoms with Gasteiger partial charge in [-0.2, -0.15) is 0 Å². The third-order valence-corrected chi connectivity index (χ3v) is 1.78. The topological polar surface area (TPSA) is 29.1 Å². The molecule has 0 amide bonds. The Hall–Kier alpha value is -0.730. The molecule has 1 rings (SSSR count). The van der Waals surface area contributed by atoms with Crippen LogP contribution >= 0.6 is 11.6 Å². The normalized spacial score (nSPS) is 9.73. The SMILES string of the molecule is COc1ccc(Cl)c(C[O])c1. The second-order valence-electron chi connectivity index (χ2n) is 2.10. The summed E-state index contributed by atoms with van der Waals surface area (Å²) in [5, 5.41) is 11.0. The van der Waals surface area contributed by atoms with Gasteiger partial charge in [0.2, 0.25) is 0 Å². The molecule has 0 saturated carbocycles. The van der Waals surface area contributed by atoms with Gasteiger partial charge >= 0.3 is 0 Å². The van der Waals surface area contributed by atoms with Crippen molar-refractivity contribution in [1.29, 1.82) is 0 Å². The Bertz CT molecular complexity index is 248. The van der Waals surface area contributed by atoms with Crippen molar-refractivity contribution in [3.05, 3.63) is 28.8 Å². The van der Waals surface area contributed by atoms with Crippen LogP contribution in [0.3, 0.4) is 0 Å². The minimum atomic E-state index is -0.309. The van der Waals surface area contributed by atoms with Crippen LogP contribution in [0.2, 0.25) is 5.02 Å². The monoisotopic (exact) mass is 171 g/mol. The summed E-state index contributed by atoms with van der Waals surface area (Å²) in [6.45, 7) is -0.309. The molecule has 0 aliphatic heterocycles. The largest absolute Gasteiger partial charge is 0.497 e. The molecule has 0 fully saturated rings. The van der Waals surface area contributed by atoms with E-state index in [0.29, 0.717) is 16.3 Å². The summed E-state index contributed by atoms with van der Waals surface area (Å²) in [5.74, 6) is 0.667. The van der Waals surface area contributed by atoms with Crippen molar-refractivity contribution in [3.8, 4) is 5.75 Å². The van der Waals surface area contributed by atoms with E-state index in [9.17, 15) is 5.11 Å². The molecule has 0 aromatic heterocycles. The van der Waals surface area contributed by atoms with Crippen molar-refractivity contribution in [2.75, 3.05) is 7.11 Å². The average Bonchev–Trinajstić information content (AvgIpc) is 2.05. The lowest BCUT2D eigenvalue weighted by Crippen LogP contribution is -1.87. The van der Waals surface area contributed by atoms with Gasteiger partial charge in [0.1, 0.15) is 12.4 Å². The predicted molar refractivity (Wildman–Crippen MR) is 42.4 cm³/mol. The molecule has 0 saturated heterocycles. The molecule has 59 valence electrons. The Morgan fingerprint density at radius 2 is 2.27 bits per heavy atom. The molecule has 0 spiro atoms. The first-order valence-corrected chi connectivity index (χ1v) is 3.56. The van der Waals surface area contributed by atoms with Crippen molar-refractivity contribution >= 4 is 11.6 Å². The highest BCUT2D eigenvalue weighted by molar-refractivity contribution is 6.31. The van der Waals surface area contributed by atoms with E-state index in [1.54, 1.807) is 25.3 Å². The van der Waals surface area contributed by atoms with E-state index in [1.165, 1.54) is 0 Å². The first-order valence-electron chi connectivity index (χ1n) is 3.18. The molecule has 0 N–H and O–H groups in total. The molecule has 0 bridgehead atoms. The van der Waals surface area contributed by atoms with E-state index >= 15 is 0 Å². The molecule has 0 atom stereocenters. The van der Waals surface area contributed by atoms with Gasteiger partial charge in [0, 0.05) is 10.6 Å². The third kappa shape index (κ3) is 1.85. The summed E-state index contributed by atoms with van der Waals surface area (Å²) in [4.78, 5) is 0. The number of ether oxygens (including phenoxy) is 1. The zero-order valence-electron chi connectivity index (χ0n) is 6.13. The zero-order valence-corrected chi connectivity index (χ0v) is 6.89. The molecular weight excluding hydrogens is 164 g/mol. The number of halogens is 1. The molecular formula is C8H8ClO2. The maximum atomic E-state index is 10.5. The van der Waals surface area contributed by atoms with Crippen LogP contribution in [0.5, 0.6) is 5.75 Å². The van der Waals surface area contributed by atoms with Crippen molar-refractivity contribution in [2.45, 2.75) is 6.61 Å². The van der Waals surface area contributed by atoms with Crippen LogP contribution in [0, 0.1) is 0 Å². The van der Waals surface area contributed by atoms with Crippen molar-refractivity contribution in [3.63, 3.8) is 0 Å². The van der Waals surface area contributed by atoms with Gasteiger partial charge < -0.3 is 4.74 Å². The Kier molecular flexibility index (Phi) is 2.74. The molecule has 1 aromatic rings. The van der Waals surface area contributed by atoms with Gasteiger partial charge in [0.05, 0.1) is 7.11 Å². The van der Waals surface area contributed by atoms with Gasteiger partial charge in [0.25, 0.3) is 0 Å². The minimum absolute atomic E-state index is 0.309. The van der Waals surface area contributed by atoms with Gasteiger partial charge in [-0.15, -0.1) is 0 Å². The quantitative estimate of drug-likeness (QED) is 0.671. The summed E-state index contributed by atoms with van der Waals surface area (Å²) in [7, 11) is 1.55. The Balaban J connectivity index is 3.02. The van der Waals surface area contributed by atoms with Crippen molar-refractivity contribution in [1.82, 2.24) is 0 Å². The van der Waals surface area contributed by atoms with Crippen LogP contribution in [0.4, 0.5) is 0 Å². The van der Waals surface area contributed by atoms with E-state index in [2.05, 4.69) is 0 Å². The van der Waals surface area contributed by atoms with E-state index in [1.807, 2.05) is 0 Å². The lowest BCUT2D eigenvalue weighted by Gasteiger charge is -2.02. The third-order valence-electron chi connectivity index (χ3n) is 1.41. The molecule has 11 heavy (non-hydrogen) atoms. The fraction of sp³-hybridized carbons (Fsp3) is 0.250. The average molecular weight is 172 g/mol. The summed E-state index contributed by atoms with van der Waals surface area (Å²) in [6.07, 6.45) is 0. The molecule has 1 aromatic carbocycles. The second kappa shape index (κ2) is 3.60. The highest BCUT2D eigenvalue weighted by atomic mass is 35.5. The fourth-order valence-corrected chi connectivity index (χ4v) is 0.961. The maximum Gasteiger partial charge on any atom is 0.119 e. The van der Waals surface area contributed by atoms with Crippen LogP contribution in [0.25, 0.3) is 0 Å². The van der Waals surface area contributed by atoms with Gasteiger partial charge in [-0.1, -0.05) is 11.6 Å². The molecule has 0 aliphatic rings. The lowest BCUT2D eigenvalue weighted by atomic mass is 10.2. The van der Waals surface area contributed by atoms with Crippen LogP contribution in [0.1, 0.15) is 5.56 Å². The maximum absolute atomic E-state index is 10.5. The zero-order chi connectivity index (χ0) is 8.27. The summed E-state index contributed by atoms with van der Waals surface area (Å²) in [5.41, 5.74) is 0.575. The number of benzene rings is 1. The lowest BCUT2D eigenvalue weighted by molar-refractivity contribution is 0.177. The second-order valence-corrected chi connectivity index (χ2v) is 2.51. The first-order chi connectivity index (χ1) is 5.27. The highest BCUT2D eigenvalue weighted by Crippen LogP contribution is 2.21. The van der Waals surface area contributed by atoms with Gasteiger partial charge in [-0.25, -0.2) is 5.11 Å². The standard InChI is InChI=1S/C8H8ClO2/c1-11-7-2-3-8(9)6(4-7)5-10/h2-4H,5H2,1H3. The van der Waals surface area contributed by atoms with Crippen molar-refractivity contribution in [2.24, 2.45) is 0 Å². The van der Waals surface area contributed by atoms with Crippen LogP contribution in [0.15, 0.2) is 18.2 Å². The van der Waals surface area contributed by atoms with E-state index in [-0.39, 0.29) is 6.61 Å². The predicted octanol–water partition coefficient (Wildman–Crippen LogP) is 2.28. The van der Waals surface area contributed by atoms with E-state index in [4.69, 9.17) is 16.3 Å². The fourth-order valence-electron chi connectivity index (χ4n) is 0.789. The van der Waals surface area contributed by atoms with Crippen LogP contribution in [-0.2, 0) is 11.7 Å². The van der Waals surface area contributed by atoms with Crippen LogP contribution < -0.4 is 4.74 Å². The summed E-state index contributed by atoms with van der Waals surface area (Å²) in [6, 6.07) is 5.03. The molecule has 3 heteroatoms. The van der Waals surface area contributed by atoms with Gasteiger partial charge in [0.15, 0.2) is 0 Å². The Morgan fingerprint density at radius 1 is 1.55 bits per heavy atom. The minimum Gasteiger partial charge on any atom is -0.497 e. The molecule has 0 unspecified atom stereocenters. The van der Waals surface area contributed by atoms with E-state index < -0.39 is 0 Å². The van der Waals surface area contributed by atoms with Crippen molar-refractivity contribution < 1.29 is 9.84 Å². The number of rotatable bonds is 2. The molecule has 0 heterocycles. The molecule has 0 aliphatic carbocycles. The number of hydrogen-bond acceptors (Lipinski definition) is 1. The molecule has 2 nitrogen and oxygen atoms in total. The highest BCUT2D eigenvalue weighted by Gasteiger charge is 2.00. The molecule has 1 radical (unpaired) electrons. The number of hydrogen-bond donors (Lipinski definition) is 0. The van der Waals surface area contributed by atoms with Gasteiger partial charge in [-0.3, -0.25) is 0 Å². The van der Waals surface area contributed by atoms with Gasteiger partial charge in [-0.05, 0) is 18.2 Å². The summed E-state index contributed by atoms with van der Waals surface area (Å²) >= 11 is 5.70. The van der Waals surface area contributed by atoms with E-state index in [0.717, 1.165) is 0 Å². The Labute approximate surface area is 70.4 Å². The van der Waals surface area contributed by atoms with Crippen LogP contribution in [-0.4, -0.2) is 7.11 Å². The number of methoxy groups -OCH3 is 1.